The molecule has 0 rings (SSSR count). The van der Waals surface area contributed by atoms with E-state index >= 15 is 0 Å². The molecular formula is C20H30O4. The Balaban J connectivity index is 3.88. The summed E-state index contributed by atoms with van der Waals surface area (Å²) in [6.45, 7) is 2.08. The second kappa shape index (κ2) is 16.0. The third-order valence-corrected chi connectivity index (χ3v) is 3.07. The minimum Gasteiger partial charge on any atom is -0.481 e. The van der Waals surface area contributed by atoms with Crippen molar-refractivity contribution >= 4 is 5.97 Å². The first-order chi connectivity index (χ1) is 11.6. The smallest absolute Gasteiger partial charge is 0.303 e. The van der Waals surface area contributed by atoms with E-state index < -0.39 is 18.2 Å². The third-order valence-electron chi connectivity index (χ3n) is 3.07. The van der Waals surface area contributed by atoms with Crippen molar-refractivity contribution < 1.29 is 20.1 Å². The predicted octanol–water partition coefficient (Wildman–Crippen LogP) is 3.93. The van der Waals surface area contributed by atoms with Gasteiger partial charge in [-0.3, -0.25) is 4.79 Å². The summed E-state index contributed by atoms with van der Waals surface area (Å²) in [5.41, 5.74) is 0. The standard InChI is InChI=1S/C20H30O4/c1-2-3-4-5-8-13-18(21)15-11-12-16-19(22)14-9-6-7-10-17-20(23)24/h3-4,6,8-9,11-13,15-16,18-19,21-22H,2,5,7,10,14,17H2,1H3,(H,23,24). The SMILES string of the molecule is CCC=CCC=CC(O)C=CC=CC(O)CC=CCCCC(=O)O. The molecule has 0 aliphatic rings. The van der Waals surface area contributed by atoms with Crippen LogP contribution >= 0.6 is 0 Å². The number of carboxylic acids is 1. The lowest BCUT2D eigenvalue weighted by molar-refractivity contribution is -0.137. The Morgan fingerprint density at radius 3 is 2.42 bits per heavy atom. The summed E-state index contributed by atoms with van der Waals surface area (Å²) in [7, 11) is 0. The van der Waals surface area contributed by atoms with Crippen LogP contribution < -0.4 is 0 Å². The number of unbranched alkanes of at least 4 members (excludes halogenated alkanes) is 1. The molecule has 0 bridgehead atoms. The van der Waals surface area contributed by atoms with Crippen LogP contribution in [0, 0.1) is 0 Å². The normalized spacial score (nSPS) is 15.5. The van der Waals surface area contributed by atoms with Gasteiger partial charge in [0.25, 0.3) is 0 Å². The fourth-order valence-electron chi connectivity index (χ4n) is 1.80. The fourth-order valence-corrected chi connectivity index (χ4v) is 1.80. The van der Waals surface area contributed by atoms with E-state index in [1.807, 2.05) is 18.2 Å². The molecule has 0 aromatic heterocycles. The number of carbonyl (C=O) groups is 1. The first-order valence-electron chi connectivity index (χ1n) is 8.45. The molecule has 0 saturated heterocycles. The molecule has 0 heterocycles. The van der Waals surface area contributed by atoms with E-state index in [2.05, 4.69) is 19.1 Å². The minimum atomic E-state index is -0.785. The topological polar surface area (TPSA) is 77.8 Å². The second-order valence-corrected chi connectivity index (χ2v) is 5.36. The largest absolute Gasteiger partial charge is 0.481 e. The van der Waals surface area contributed by atoms with Crippen LogP contribution in [0.3, 0.4) is 0 Å². The van der Waals surface area contributed by atoms with Crippen LogP contribution in [-0.4, -0.2) is 33.5 Å². The number of carboxylic acid groups (broad SMARTS) is 1. The van der Waals surface area contributed by atoms with E-state index in [-0.39, 0.29) is 6.42 Å². The molecule has 4 heteroatoms. The molecule has 2 atom stereocenters. The number of hydrogen-bond donors (Lipinski definition) is 3. The van der Waals surface area contributed by atoms with E-state index in [4.69, 9.17) is 5.11 Å². The van der Waals surface area contributed by atoms with E-state index in [9.17, 15) is 15.0 Å². The van der Waals surface area contributed by atoms with Crippen molar-refractivity contribution in [2.75, 3.05) is 0 Å². The highest BCUT2D eigenvalue weighted by molar-refractivity contribution is 5.66. The summed E-state index contributed by atoms with van der Waals surface area (Å²) in [6, 6.07) is 0. The van der Waals surface area contributed by atoms with E-state index in [0.717, 1.165) is 12.8 Å². The number of rotatable bonds is 13. The highest BCUT2D eigenvalue weighted by atomic mass is 16.4. The Hall–Kier alpha value is -1.91. The first-order valence-corrected chi connectivity index (χ1v) is 8.45. The highest BCUT2D eigenvalue weighted by Gasteiger charge is 1.95. The lowest BCUT2D eigenvalue weighted by atomic mass is 10.2. The van der Waals surface area contributed by atoms with Gasteiger partial charge in [-0.1, -0.05) is 67.7 Å². The molecule has 134 valence electrons. The van der Waals surface area contributed by atoms with Gasteiger partial charge in [0.2, 0.25) is 0 Å². The zero-order valence-electron chi connectivity index (χ0n) is 14.4. The quantitative estimate of drug-likeness (QED) is 0.271. The van der Waals surface area contributed by atoms with Gasteiger partial charge >= 0.3 is 5.97 Å². The van der Waals surface area contributed by atoms with Crippen molar-refractivity contribution in [1.29, 1.82) is 0 Å². The van der Waals surface area contributed by atoms with Crippen molar-refractivity contribution in [2.45, 2.75) is 57.7 Å². The zero-order valence-corrected chi connectivity index (χ0v) is 14.4. The van der Waals surface area contributed by atoms with E-state index in [1.54, 1.807) is 30.4 Å². The maximum Gasteiger partial charge on any atom is 0.303 e. The number of aliphatic hydroxyl groups excluding tert-OH is 2. The van der Waals surface area contributed by atoms with Gasteiger partial charge in [-0.05, 0) is 32.1 Å². The molecule has 0 radical (unpaired) electrons. The lowest BCUT2D eigenvalue weighted by Gasteiger charge is -1.99. The monoisotopic (exact) mass is 334 g/mol. The molecule has 24 heavy (non-hydrogen) atoms. The molecule has 0 aliphatic carbocycles. The van der Waals surface area contributed by atoms with Crippen LogP contribution in [-0.2, 0) is 4.79 Å². The number of aliphatic carboxylic acids is 1. The van der Waals surface area contributed by atoms with Gasteiger partial charge in [0, 0.05) is 6.42 Å². The Morgan fingerprint density at radius 1 is 0.958 bits per heavy atom. The van der Waals surface area contributed by atoms with Crippen LogP contribution in [0.5, 0.6) is 0 Å². The van der Waals surface area contributed by atoms with Gasteiger partial charge in [-0.15, -0.1) is 0 Å². The Kier molecular flexibility index (Phi) is 14.7. The van der Waals surface area contributed by atoms with Gasteiger partial charge in [-0.25, -0.2) is 0 Å². The molecule has 0 aromatic rings. The predicted molar refractivity (Wildman–Crippen MR) is 98.7 cm³/mol. The number of allylic oxidation sites excluding steroid dienone is 6. The van der Waals surface area contributed by atoms with Gasteiger partial charge in [0.1, 0.15) is 0 Å². The molecule has 0 aromatic carbocycles. The lowest BCUT2D eigenvalue weighted by Crippen LogP contribution is -1.99. The summed E-state index contributed by atoms with van der Waals surface area (Å²) in [5.74, 6) is -0.785. The molecule has 2 unspecified atom stereocenters. The summed E-state index contributed by atoms with van der Waals surface area (Å²) >= 11 is 0. The maximum atomic E-state index is 10.3. The Bertz CT molecular complexity index is 458. The summed E-state index contributed by atoms with van der Waals surface area (Å²) < 4.78 is 0. The maximum absolute atomic E-state index is 10.3. The Labute approximate surface area is 145 Å². The van der Waals surface area contributed by atoms with Gasteiger partial charge in [0.15, 0.2) is 0 Å². The summed E-state index contributed by atoms with van der Waals surface area (Å²) in [5, 5.41) is 27.9. The Morgan fingerprint density at radius 2 is 1.71 bits per heavy atom. The molecule has 0 aliphatic heterocycles. The molecule has 0 amide bonds. The van der Waals surface area contributed by atoms with Crippen molar-refractivity contribution in [3.05, 3.63) is 60.8 Å². The zero-order chi connectivity index (χ0) is 18.0. The van der Waals surface area contributed by atoms with Crippen molar-refractivity contribution in [2.24, 2.45) is 0 Å². The van der Waals surface area contributed by atoms with Crippen molar-refractivity contribution in [1.82, 2.24) is 0 Å². The second-order valence-electron chi connectivity index (χ2n) is 5.36. The molecule has 0 fully saturated rings. The molecular weight excluding hydrogens is 304 g/mol. The summed E-state index contributed by atoms with van der Waals surface area (Å²) in [6.07, 6.45) is 20.8. The van der Waals surface area contributed by atoms with Crippen LogP contribution in [0.4, 0.5) is 0 Å². The number of aliphatic hydroxyl groups is 2. The molecule has 3 N–H and O–H groups in total. The van der Waals surface area contributed by atoms with E-state index in [0.29, 0.717) is 19.3 Å². The van der Waals surface area contributed by atoms with Crippen molar-refractivity contribution in [3.63, 3.8) is 0 Å². The average Bonchev–Trinajstić information content (AvgIpc) is 2.54. The molecule has 0 saturated carbocycles. The minimum absolute atomic E-state index is 0.170. The van der Waals surface area contributed by atoms with Crippen LogP contribution in [0.25, 0.3) is 0 Å². The molecule has 0 spiro atoms. The van der Waals surface area contributed by atoms with Crippen LogP contribution in [0.2, 0.25) is 0 Å². The van der Waals surface area contributed by atoms with Crippen molar-refractivity contribution in [3.8, 4) is 0 Å². The highest BCUT2D eigenvalue weighted by Crippen LogP contribution is 2.01. The van der Waals surface area contributed by atoms with Gasteiger partial charge < -0.3 is 15.3 Å². The summed E-state index contributed by atoms with van der Waals surface area (Å²) in [4.78, 5) is 10.3. The van der Waals surface area contributed by atoms with E-state index in [1.165, 1.54) is 0 Å². The first kappa shape index (κ1) is 22.1. The number of hydrogen-bond acceptors (Lipinski definition) is 3. The third kappa shape index (κ3) is 16.5. The average molecular weight is 334 g/mol. The molecule has 4 nitrogen and oxygen atoms in total. The van der Waals surface area contributed by atoms with Gasteiger partial charge in [-0.2, -0.15) is 0 Å². The van der Waals surface area contributed by atoms with Crippen LogP contribution in [0.15, 0.2) is 60.8 Å². The van der Waals surface area contributed by atoms with Gasteiger partial charge in [0.05, 0.1) is 12.2 Å². The fraction of sp³-hybridized carbons (Fsp3) is 0.450. The van der Waals surface area contributed by atoms with Crippen LogP contribution in [0.1, 0.15) is 45.4 Å².